The number of amides is 1. The van der Waals surface area contributed by atoms with E-state index < -0.39 is 6.61 Å². The van der Waals surface area contributed by atoms with Crippen molar-refractivity contribution in [2.45, 2.75) is 11.8 Å². The lowest BCUT2D eigenvalue weighted by Crippen LogP contribution is -2.21. The number of anilines is 1. The number of carbonyl (C=O) groups excluding carboxylic acids is 1. The zero-order valence-corrected chi connectivity index (χ0v) is 15.0. The van der Waals surface area contributed by atoms with Gasteiger partial charge in [-0.2, -0.15) is 8.78 Å². The summed E-state index contributed by atoms with van der Waals surface area (Å²) in [6.07, 6.45) is 0. The molecule has 0 bridgehead atoms. The van der Waals surface area contributed by atoms with Gasteiger partial charge in [-0.15, -0.1) is 0 Å². The number of nitrogens with one attached hydrogen (secondary N) is 1. The number of benzene rings is 2. The maximum absolute atomic E-state index is 12.3. The van der Waals surface area contributed by atoms with E-state index in [2.05, 4.69) is 15.0 Å². The van der Waals surface area contributed by atoms with E-state index >= 15 is 0 Å². The van der Waals surface area contributed by atoms with Crippen molar-refractivity contribution in [3.63, 3.8) is 0 Å². The molecular weight excluding hydrogens is 376 g/mol. The molecule has 1 aromatic heterocycles. The van der Waals surface area contributed by atoms with Gasteiger partial charge in [0.25, 0.3) is 5.56 Å². The van der Waals surface area contributed by atoms with Crippen LogP contribution in [-0.2, 0) is 11.8 Å². The number of para-hydroxylation sites is 1. The molecule has 140 valence electrons. The number of rotatable bonds is 6. The van der Waals surface area contributed by atoms with Crippen molar-refractivity contribution in [3.05, 3.63) is 58.9 Å². The van der Waals surface area contributed by atoms with Crippen LogP contribution in [0.4, 0.5) is 14.5 Å². The first kappa shape index (κ1) is 18.8. The van der Waals surface area contributed by atoms with Crippen molar-refractivity contribution >= 4 is 34.3 Å². The summed E-state index contributed by atoms with van der Waals surface area (Å²) >= 11 is 1.13. The van der Waals surface area contributed by atoms with E-state index in [0.29, 0.717) is 21.7 Å². The number of carbonyl (C=O) groups is 1. The van der Waals surface area contributed by atoms with Crippen LogP contribution in [0.15, 0.2) is 58.5 Å². The summed E-state index contributed by atoms with van der Waals surface area (Å²) in [6, 6.07) is 12.6. The largest absolute Gasteiger partial charge is 0.435 e. The molecule has 1 amide bonds. The Labute approximate surface area is 157 Å². The summed E-state index contributed by atoms with van der Waals surface area (Å²) in [5.41, 5.74) is 0.832. The molecule has 6 nitrogen and oxygen atoms in total. The van der Waals surface area contributed by atoms with Crippen LogP contribution in [-0.4, -0.2) is 27.8 Å². The Morgan fingerprint density at radius 2 is 1.93 bits per heavy atom. The van der Waals surface area contributed by atoms with E-state index in [0.717, 1.165) is 11.8 Å². The molecule has 1 heterocycles. The van der Waals surface area contributed by atoms with Crippen LogP contribution < -0.4 is 15.6 Å². The summed E-state index contributed by atoms with van der Waals surface area (Å²) in [6.45, 7) is -2.90. The van der Waals surface area contributed by atoms with Gasteiger partial charge in [0, 0.05) is 12.7 Å². The lowest BCUT2D eigenvalue weighted by molar-refractivity contribution is -0.113. The minimum absolute atomic E-state index is 0.00716. The normalized spacial score (nSPS) is 11.0. The van der Waals surface area contributed by atoms with Crippen LogP contribution in [0.1, 0.15) is 0 Å². The third-order valence-corrected chi connectivity index (χ3v) is 4.67. The Morgan fingerprint density at radius 1 is 1.22 bits per heavy atom. The average molecular weight is 391 g/mol. The number of thioether (sulfide) groups is 1. The molecule has 0 atom stereocenters. The molecule has 0 unspecified atom stereocenters. The number of halogens is 2. The molecule has 0 aliphatic carbocycles. The lowest BCUT2D eigenvalue weighted by Gasteiger charge is -2.09. The van der Waals surface area contributed by atoms with Gasteiger partial charge in [-0.3, -0.25) is 14.2 Å². The van der Waals surface area contributed by atoms with Crippen LogP contribution >= 0.6 is 11.8 Å². The third-order valence-electron chi connectivity index (χ3n) is 3.64. The van der Waals surface area contributed by atoms with Crippen molar-refractivity contribution in [1.29, 1.82) is 0 Å². The summed E-state index contributed by atoms with van der Waals surface area (Å²) in [7, 11) is 1.60. The molecule has 0 radical (unpaired) electrons. The van der Waals surface area contributed by atoms with E-state index in [-0.39, 0.29) is 23.0 Å². The van der Waals surface area contributed by atoms with Gasteiger partial charge in [0.2, 0.25) is 5.91 Å². The number of nitrogens with zero attached hydrogens (tertiary/aromatic N) is 2. The molecule has 3 rings (SSSR count). The van der Waals surface area contributed by atoms with Crippen molar-refractivity contribution in [1.82, 2.24) is 9.55 Å². The smallest absolute Gasteiger partial charge is 0.387 e. The quantitative estimate of drug-likeness (QED) is 0.516. The summed E-state index contributed by atoms with van der Waals surface area (Å²) < 4.78 is 29.9. The topological polar surface area (TPSA) is 73.2 Å². The second kappa shape index (κ2) is 8.17. The summed E-state index contributed by atoms with van der Waals surface area (Å²) in [5.74, 6) is -0.272. The minimum Gasteiger partial charge on any atom is -0.435 e. The molecule has 27 heavy (non-hydrogen) atoms. The molecule has 0 aliphatic heterocycles. The van der Waals surface area contributed by atoms with Crippen LogP contribution in [0.2, 0.25) is 0 Å². The molecule has 3 aromatic rings. The molecule has 0 spiro atoms. The minimum atomic E-state index is -2.90. The standard InChI is InChI=1S/C18H15F2N3O3S/c1-23-16(25)13-4-2-3-5-14(13)22-18(23)27-10-15(24)21-11-6-8-12(9-7-11)26-17(19)20/h2-9,17H,10H2,1H3,(H,21,24). The first-order valence-corrected chi connectivity index (χ1v) is 8.86. The van der Waals surface area contributed by atoms with Gasteiger partial charge in [-0.05, 0) is 36.4 Å². The molecular formula is C18H15F2N3O3S. The number of ether oxygens (including phenoxy) is 1. The van der Waals surface area contributed by atoms with Crippen LogP contribution in [0, 0.1) is 0 Å². The Hall–Kier alpha value is -2.94. The number of alkyl halides is 2. The maximum atomic E-state index is 12.3. The SMILES string of the molecule is Cn1c(SCC(=O)Nc2ccc(OC(F)F)cc2)nc2ccccc2c1=O. The van der Waals surface area contributed by atoms with E-state index in [1.54, 1.807) is 31.3 Å². The average Bonchev–Trinajstić information content (AvgIpc) is 2.65. The molecule has 1 N–H and O–H groups in total. The number of aromatic nitrogens is 2. The zero-order valence-electron chi connectivity index (χ0n) is 14.2. The third kappa shape index (κ3) is 4.62. The van der Waals surface area contributed by atoms with E-state index in [1.165, 1.54) is 28.8 Å². The van der Waals surface area contributed by atoms with E-state index in [1.807, 2.05) is 0 Å². The molecule has 2 aromatic carbocycles. The fraction of sp³-hybridized carbons (Fsp3) is 0.167. The molecule has 9 heteroatoms. The van der Waals surface area contributed by atoms with Gasteiger partial charge >= 0.3 is 6.61 Å². The number of hydrogen-bond acceptors (Lipinski definition) is 5. The number of fused-ring (bicyclic) bond motifs is 1. The highest BCUT2D eigenvalue weighted by Gasteiger charge is 2.11. The molecule has 0 saturated carbocycles. The fourth-order valence-corrected chi connectivity index (χ4v) is 3.15. The highest BCUT2D eigenvalue weighted by atomic mass is 32.2. The first-order valence-electron chi connectivity index (χ1n) is 7.87. The van der Waals surface area contributed by atoms with Crippen molar-refractivity contribution in [3.8, 4) is 5.75 Å². The van der Waals surface area contributed by atoms with Crippen molar-refractivity contribution in [2.75, 3.05) is 11.1 Å². The van der Waals surface area contributed by atoms with E-state index in [4.69, 9.17) is 0 Å². The Balaban J connectivity index is 1.65. The number of hydrogen-bond donors (Lipinski definition) is 1. The zero-order chi connectivity index (χ0) is 19.4. The van der Waals surface area contributed by atoms with Gasteiger partial charge in [-0.25, -0.2) is 4.98 Å². The second-order valence-electron chi connectivity index (χ2n) is 5.52. The van der Waals surface area contributed by atoms with Crippen LogP contribution in [0.3, 0.4) is 0 Å². The van der Waals surface area contributed by atoms with Crippen LogP contribution in [0.25, 0.3) is 10.9 Å². The van der Waals surface area contributed by atoms with Gasteiger partial charge in [0.15, 0.2) is 5.16 Å². The molecule has 0 fully saturated rings. The predicted molar refractivity (Wildman–Crippen MR) is 99.4 cm³/mol. The lowest BCUT2D eigenvalue weighted by atomic mass is 10.2. The van der Waals surface area contributed by atoms with Gasteiger partial charge in [0.05, 0.1) is 16.7 Å². The monoisotopic (exact) mass is 391 g/mol. The molecule has 0 saturated heterocycles. The van der Waals surface area contributed by atoms with Gasteiger partial charge < -0.3 is 10.1 Å². The van der Waals surface area contributed by atoms with Crippen LogP contribution in [0.5, 0.6) is 5.75 Å². The summed E-state index contributed by atoms with van der Waals surface area (Å²) in [5, 5.41) is 3.59. The van der Waals surface area contributed by atoms with Crippen molar-refractivity contribution < 1.29 is 18.3 Å². The maximum Gasteiger partial charge on any atom is 0.387 e. The van der Waals surface area contributed by atoms with Gasteiger partial charge in [0.1, 0.15) is 5.75 Å². The predicted octanol–water partition coefficient (Wildman–Crippen LogP) is 3.27. The second-order valence-corrected chi connectivity index (χ2v) is 6.46. The van der Waals surface area contributed by atoms with E-state index in [9.17, 15) is 18.4 Å². The first-order chi connectivity index (χ1) is 12.9. The van der Waals surface area contributed by atoms with Crippen molar-refractivity contribution in [2.24, 2.45) is 7.05 Å². The summed E-state index contributed by atoms with van der Waals surface area (Å²) in [4.78, 5) is 28.9. The fourth-order valence-electron chi connectivity index (χ4n) is 2.37. The Kier molecular flexibility index (Phi) is 5.70. The van der Waals surface area contributed by atoms with Gasteiger partial charge in [-0.1, -0.05) is 23.9 Å². The molecule has 0 aliphatic rings. The Bertz CT molecular complexity index is 1020. The highest BCUT2D eigenvalue weighted by Crippen LogP contribution is 2.19. The highest BCUT2D eigenvalue weighted by molar-refractivity contribution is 7.99. The Morgan fingerprint density at radius 3 is 2.63 bits per heavy atom.